The van der Waals surface area contributed by atoms with Crippen LogP contribution in [0.3, 0.4) is 0 Å². The van der Waals surface area contributed by atoms with Crippen molar-refractivity contribution < 1.29 is 0 Å². The van der Waals surface area contributed by atoms with Crippen LogP contribution in [0.15, 0.2) is 36.5 Å². The molecule has 0 amide bonds. The highest BCUT2D eigenvalue weighted by atomic mass is 14.7. The Kier molecular flexibility index (Phi) is 3.20. The van der Waals surface area contributed by atoms with Crippen molar-refractivity contribution in [2.24, 2.45) is 0 Å². The molecule has 0 aliphatic rings. The van der Waals surface area contributed by atoms with Crippen LogP contribution in [-0.2, 0) is 6.42 Å². The predicted molar refractivity (Wildman–Crippen MR) is 68.5 cm³/mol. The maximum Gasteiger partial charge on any atom is 0.0991 e. The fraction of sp³-hybridized carbons (Fsp3) is 0.200. The van der Waals surface area contributed by atoms with Gasteiger partial charge in [0, 0.05) is 11.8 Å². The van der Waals surface area contributed by atoms with E-state index in [9.17, 15) is 0 Å². The number of benzene rings is 1. The molecule has 0 atom stereocenters. The quantitative estimate of drug-likeness (QED) is 0.779. The average molecular weight is 222 g/mol. The Morgan fingerprint density at radius 1 is 1.24 bits per heavy atom. The first-order chi connectivity index (χ1) is 8.24. The normalized spacial score (nSPS) is 9.94. The molecule has 0 fully saturated rings. The molecule has 0 unspecified atom stereocenters. The third kappa shape index (κ3) is 2.34. The van der Waals surface area contributed by atoms with Crippen molar-refractivity contribution in [2.75, 3.05) is 0 Å². The first-order valence-corrected chi connectivity index (χ1v) is 5.70. The summed E-state index contributed by atoms with van der Waals surface area (Å²) in [6, 6.07) is 11.9. The molecular formula is C15H14N2. The van der Waals surface area contributed by atoms with Crippen LogP contribution in [0.2, 0.25) is 0 Å². The minimum atomic E-state index is 0.680. The van der Waals surface area contributed by atoms with E-state index >= 15 is 0 Å². The van der Waals surface area contributed by atoms with E-state index in [1.807, 2.05) is 30.5 Å². The molecule has 2 nitrogen and oxygen atoms in total. The lowest BCUT2D eigenvalue weighted by molar-refractivity contribution is 1.09. The predicted octanol–water partition coefficient (Wildman–Crippen LogP) is 3.49. The van der Waals surface area contributed by atoms with Crippen LogP contribution < -0.4 is 0 Å². The lowest BCUT2D eigenvalue weighted by atomic mass is 10.0. The Morgan fingerprint density at radius 3 is 2.53 bits per heavy atom. The molecule has 0 radical (unpaired) electrons. The number of pyridine rings is 1. The maximum absolute atomic E-state index is 8.77. The molecule has 2 rings (SSSR count). The first-order valence-electron chi connectivity index (χ1n) is 5.70. The van der Waals surface area contributed by atoms with E-state index in [-0.39, 0.29) is 0 Å². The molecule has 2 heteroatoms. The molecule has 0 spiro atoms. The molecule has 2 aromatic rings. The van der Waals surface area contributed by atoms with Gasteiger partial charge in [0.2, 0.25) is 0 Å². The summed E-state index contributed by atoms with van der Waals surface area (Å²) < 4.78 is 0. The van der Waals surface area contributed by atoms with Crippen molar-refractivity contribution in [3.8, 4) is 17.3 Å². The van der Waals surface area contributed by atoms with Gasteiger partial charge in [-0.25, -0.2) is 0 Å². The number of rotatable bonds is 2. The molecule has 0 saturated heterocycles. The van der Waals surface area contributed by atoms with Gasteiger partial charge in [-0.3, -0.25) is 4.98 Å². The van der Waals surface area contributed by atoms with Crippen LogP contribution in [0, 0.1) is 18.3 Å². The molecule has 0 bridgehead atoms. The van der Waals surface area contributed by atoms with Gasteiger partial charge in [-0.15, -0.1) is 0 Å². The summed E-state index contributed by atoms with van der Waals surface area (Å²) in [5.74, 6) is 0. The molecule has 84 valence electrons. The Bertz CT molecular complexity index is 562. The number of hydrogen-bond donors (Lipinski definition) is 0. The molecule has 17 heavy (non-hydrogen) atoms. The average Bonchev–Trinajstić information content (AvgIpc) is 2.39. The van der Waals surface area contributed by atoms with E-state index in [2.05, 4.69) is 31.0 Å². The molecule has 1 aromatic heterocycles. The summed E-state index contributed by atoms with van der Waals surface area (Å²) >= 11 is 0. The third-order valence-corrected chi connectivity index (χ3v) is 2.77. The second kappa shape index (κ2) is 4.80. The van der Waals surface area contributed by atoms with E-state index in [1.54, 1.807) is 0 Å². The highest BCUT2D eigenvalue weighted by Gasteiger charge is 2.05. The summed E-state index contributed by atoms with van der Waals surface area (Å²) in [4.78, 5) is 4.49. The second-order valence-electron chi connectivity index (χ2n) is 4.06. The van der Waals surface area contributed by atoms with Gasteiger partial charge in [-0.2, -0.15) is 5.26 Å². The SMILES string of the molecule is CCc1cc(C)cnc1-c1ccc(C#N)cc1. The molecule has 0 N–H and O–H groups in total. The summed E-state index contributed by atoms with van der Waals surface area (Å²) in [6.45, 7) is 4.18. The van der Waals surface area contributed by atoms with Crippen molar-refractivity contribution in [1.82, 2.24) is 4.98 Å². The van der Waals surface area contributed by atoms with E-state index in [0.29, 0.717) is 5.56 Å². The van der Waals surface area contributed by atoms with Gasteiger partial charge in [0.15, 0.2) is 0 Å². The fourth-order valence-electron chi connectivity index (χ4n) is 1.86. The van der Waals surface area contributed by atoms with Crippen molar-refractivity contribution >= 4 is 0 Å². The van der Waals surface area contributed by atoms with Crippen LogP contribution >= 0.6 is 0 Å². The minimum Gasteiger partial charge on any atom is -0.256 e. The lowest BCUT2D eigenvalue weighted by Gasteiger charge is -2.08. The molecule has 0 saturated carbocycles. The summed E-state index contributed by atoms with van der Waals surface area (Å²) in [6.07, 6.45) is 2.84. The zero-order valence-electron chi connectivity index (χ0n) is 10.1. The molecule has 0 aliphatic carbocycles. The Morgan fingerprint density at radius 2 is 1.94 bits per heavy atom. The van der Waals surface area contributed by atoms with Gasteiger partial charge < -0.3 is 0 Å². The largest absolute Gasteiger partial charge is 0.256 e. The van der Waals surface area contributed by atoms with E-state index in [1.165, 1.54) is 11.1 Å². The number of nitriles is 1. The number of aromatic nitrogens is 1. The van der Waals surface area contributed by atoms with Crippen LogP contribution in [0.25, 0.3) is 11.3 Å². The summed E-state index contributed by atoms with van der Waals surface area (Å²) in [5, 5.41) is 8.77. The van der Waals surface area contributed by atoms with Crippen LogP contribution in [0.5, 0.6) is 0 Å². The van der Waals surface area contributed by atoms with E-state index in [4.69, 9.17) is 5.26 Å². The topological polar surface area (TPSA) is 36.7 Å². The number of aryl methyl sites for hydroxylation is 2. The maximum atomic E-state index is 8.77. The van der Waals surface area contributed by atoms with Gasteiger partial charge in [0.1, 0.15) is 0 Å². The zero-order valence-corrected chi connectivity index (χ0v) is 10.1. The molecule has 0 aliphatic heterocycles. The molecule has 1 aromatic carbocycles. The van der Waals surface area contributed by atoms with Gasteiger partial charge in [0.05, 0.1) is 17.3 Å². The molecular weight excluding hydrogens is 208 g/mol. The van der Waals surface area contributed by atoms with Gasteiger partial charge in [-0.05, 0) is 36.6 Å². The van der Waals surface area contributed by atoms with Crippen molar-refractivity contribution in [3.63, 3.8) is 0 Å². The van der Waals surface area contributed by atoms with E-state index < -0.39 is 0 Å². The Labute approximate surface area is 102 Å². The van der Waals surface area contributed by atoms with Gasteiger partial charge in [0.25, 0.3) is 0 Å². The van der Waals surface area contributed by atoms with Gasteiger partial charge >= 0.3 is 0 Å². The summed E-state index contributed by atoms with van der Waals surface area (Å²) in [7, 11) is 0. The van der Waals surface area contributed by atoms with Crippen molar-refractivity contribution in [1.29, 1.82) is 5.26 Å². The highest BCUT2D eigenvalue weighted by molar-refractivity contribution is 5.64. The van der Waals surface area contributed by atoms with Gasteiger partial charge in [-0.1, -0.05) is 25.1 Å². The van der Waals surface area contributed by atoms with Crippen molar-refractivity contribution in [2.45, 2.75) is 20.3 Å². The smallest absolute Gasteiger partial charge is 0.0991 e. The zero-order chi connectivity index (χ0) is 12.3. The first kappa shape index (κ1) is 11.3. The van der Waals surface area contributed by atoms with Crippen molar-refractivity contribution in [3.05, 3.63) is 53.2 Å². The highest BCUT2D eigenvalue weighted by Crippen LogP contribution is 2.22. The number of hydrogen-bond acceptors (Lipinski definition) is 2. The monoisotopic (exact) mass is 222 g/mol. The second-order valence-corrected chi connectivity index (χ2v) is 4.06. The number of nitrogens with zero attached hydrogens (tertiary/aromatic N) is 2. The molecule has 1 heterocycles. The van der Waals surface area contributed by atoms with Crippen LogP contribution in [0.4, 0.5) is 0 Å². The van der Waals surface area contributed by atoms with Crippen LogP contribution in [0.1, 0.15) is 23.6 Å². The fourth-order valence-corrected chi connectivity index (χ4v) is 1.86. The lowest BCUT2D eigenvalue weighted by Crippen LogP contribution is -1.93. The minimum absolute atomic E-state index is 0.680. The van der Waals surface area contributed by atoms with Crippen LogP contribution in [-0.4, -0.2) is 4.98 Å². The van der Waals surface area contributed by atoms with E-state index in [0.717, 1.165) is 17.7 Å². The standard InChI is InChI=1S/C15H14N2/c1-3-13-8-11(2)10-17-15(13)14-6-4-12(9-16)5-7-14/h4-8,10H,3H2,1-2H3. The third-order valence-electron chi connectivity index (χ3n) is 2.77. The summed E-state index contributed by atoms with van der Waals surface area (Å²) in [5.41, 5.74) is 5.19. The Balaban J connectivity index is 2.49. The Hall–Kier alpha value is -2.14.